The summed E-state index contributed by atoms with van der Waals surface area (Å²) in [5.41, 5.74) is -1.19. The standard InChI is InChI=1S/C13H15ClN2O6S/c1-13(4-5-23(20,21)8-13)15-12(17)7-22-11-3-2-9(14)6-10(11)16(18)19/h2-3,6H,4-5,7-8H2,1H3,(H,15,17)/t13-/m0/s1. The fourth-order valence-electron chi connectivity index (χ4n) is 2.38. The smallest absolute Gasteiger partial charge is 0.312 e. The molecule has 10 heteroatoms. The van der Waals surface area contributed by atoms with E-state index in [9.17, 15) is 23.3 Å². The predicted molar refractivity (Wildman–Crippen MR) is 83.4 cm³/mol. The first-order valence-corrected chi connectivity index (χ1v) is 8.88. The molecule has 1 aromatic rings. The highest BCUT2D eigenvalue weighted by molar-refractivity contribution is 7.91. The van der Waals surface area contributed by atoms with Gasteiger partial charge in [0.15, 0.2) is 22.2 Å². The van der Waals surface area contributed by atoms with Gasteiger partial charge < -0.3 is 10.1 Å². The minimum absolute atomic E-state index is 0.0211. The van der Waals surface area contributed by atoms with Gasteiger partial charge in [-0.05, 0) is 25.5 Å². The lowest BCUT2D eigenvalue weighted by Crippen LogP contribution is -2.48. The van der Waals surface area contributed by atoms with E-state index >= 15 is 0 Å². The van der Waals surface area contributed by atoms with Gasteiger partial charge in [-0.25, -0.2) is 8.42 Å². The predicted octanol–water partition coefficient (Wildman–Crippen LogP) is 1.32. The van der Waals surface area contributed by atoms with E-state index in [-0.39, 0.29) is 28.0 Å². The van der Waals surface area contributed by atoms with Crippen LogP contribution in [0.1, 0.15) is 13.3 Å². The number of ether oxygens (including phenoxy) is 1. The Balaban J connectivity index is 1.99. The van der Waals surface area contributed by atoms with E-state index in [2.05, 4.69) is 5.32 Å². The summed E-state index contributed by atoms with van der Waals surface area (Å²) in [5, 5.41) is 13.7. The summed E-state index contributed by atoms with van der Waals surface area (Å²) in [7, 11) is -3.15. The second kappa shape index (κ2) is 6.32. The fourth-order valence-corrected chi connectivity index (χ4v) is 4.64. The second-order valence-electron chi connectivity index (χ2n) is 5.61. The molecule has 0 spiro atoms. The number of carbonyl (C=O) groups is 1. The van der Waals surface area contributed by atoms with Gasteiger partial charge in [0.05, 0.1) is 22.0 Å². The molecule has 1 heterocycles. The lowest BCUT2D eigenvalue weighted by molar-refractivity contribution is -0.385. The molecule has 2 rings (SSSR count). The minimum Gasteiger partial charge on any atom is -0.477 e. The number of rotatable bonds is 5. The van der Waals surface area contributed by atoms with Crippen molar-refractivity contribution in [2.24, 2.45) is 0 Å². The molecule has 0 aliphatic carbocycles. The van der Waals surface area contributed by atoms with Crippen LogP contribution in [-0.4, -0.2) is 42.9 Å². The van der Waals surface area contributed by atoms with Gasteiger partial charge in [0.2, 0.25) is 0 Å². The summed E-state index contributed by atoms with van der Waals surface area (Å²) in [6, 6.07) is 3.84. The Labute approximate surface area is 137 Å². The first-order chi connectivity index (χ1) is 10.6. The average Bonchev–Trinajstić information content (AvgIpc) is 2.70. The molecule has 0 aromatic heterocycles. The van der Waals surface area contributed by atoms with Crippen molar-refractivity contribution in [3.8, 4) is 5.75 Å². The van der Waals surface area contributed by atoms with Crippen LogP contribution in [0.2, 0.25) is 5.02 Å². The number of hydrogen-bond donors (Lipinski definition) is 1. The summed E-state index contributed by atoms with van der Waals surface area (Å²) >= 11 is 5.69. The number of carbonyl (C=O) groups excluding carboxylic acids is 1. The van der Waals surface area contributed by atoms with E-state index in [1.165, 1.54) is 12.1 Å². The lowest BCUT2D eigenvalue weighted by Gasteiger charge is -2.23. The molecule has 126 valence electrons. The van der Waals surface area contributed by atoms with Crippen molar-refractivity contribution in [3.63, 3.8) is 0 Å². The summed E-state index contributed by atoms with van der Waals surface area (Å²) in [4.78, 5) is 22.2. The van der Waals surface area contributed by atoms with Crippen molar-refractivity contribution in [1.82, 2.24) is 5.32 Å². The quantitative estimate of drug-likeness (QED) is 0.623. The number of nitro groups is 1. The van der Waals surface area contributed by atoms with Gasteiger partial charge in [0.25, 0.3) is 5.91 Å². The van der Waals surface area contributed by atoms with Gasteiger partial charge in [-0.3, -0.25) is 14.9 Å². The van der Waals surface area contributed by atoms with Crippen molar-refractivity contribution in [3.05, 3.63) is 33.3 Å². The monoisotopic (exact) mass is 362 g/mol. The third-order valence-corrected chi connectivity index (χ3v) is 5.56. The van der Waals surface area contributed by atoms with Crippen LogP contribution in [0.4, 0.5) is 5.69 Å². The fraction of sp³-hybridized carbons (Fsp3) is 0.462. The highest BCUT2D eigenvalue weighted by Crippen LogP contribution is 2.30. The van der Waals surface area contributed by atoms with Crippen molar-refractivity contribution < 1.29 is 22.9 Å². The average molecular weight is 363 g/mol. The number of nitro benzene ring substituents is 1. The Morgan fingerprint density at radius 2 is 2.22 bits per heavy atom. The Morgan fingerprint density at radius 1 is 1.52 bits per heavy atom. The summed E-state index contributed by atoms with van der Waals surface area (Å²) in [5.74, 6) is -0.743. The normalized spacial score (nSPS) is 22.5. The molecule has 0 unspecified atom stereocenters. The zero-order valence-electron chi connectivity index (χ0n) is 12.2. The highest BCUT2D eigenvalue weighted by atomic mass is 35.5. The van der Waals surface area contributed by atoms with Crippen LogP contribution in [0.15, 0.2) is 18.2 Å². The molecule has 0 bridgehead atoms. The van der Waals surface area contributed by atoms with E-state index in [0.29, 0.717) is 6.42 Å². The Morgan fingerprint density at radius 3 is 2.78 bits per heavy atom. The first kappa shape index (κ1) is 17.5. The van der Waals surface area contributed by atoms with E-state index in [4.69, 9.17) is 16.3 Å². The number of sulfone groups is 1. The van der Waals surface area contributed by atoms with Crippen LogP contribution < -0.4 is 10.1 Å². The molecule has 1 aromatic carbocycles. The van der Waals surface area contributed by atoms with Crippen molar-refractivity contribution in [1.29, 1.82) is 0 Å². The van der Waals surface area contributed by atoms with Crippen molar-refractivity contribution in [2.45, 2.75) is 18.9 Å². The number of hydrogen-bond acceptors (Lipinski definition) is 6. The second-order valence-corrected chi connectivity index (χ2v) is 8.23. The molecule has 1 aliphatic rings. The summed E-state index contributed by atoms with van der Waals surface area (Å²) < 4.78 is 28.1. The molecule has 23 heavy (non-hydrogen) atoms. The minimum atomic E-state index is -3.15. The van der Waals surface area contributed by atoms with Gasteiger partial charge in [0, 0.05) is 11.1 Å². The number of halogens is 1. The molecule has 1 atom stereocenters. The van der Waals surface area contributed by atoms with Gasteiger partial charge >= 0.3 is 5.69 Å². The molecular weight excluding hydrogens is 348 g/mol. The van der Waals surface area contributed by atoms with Crippen LogP contribution in [0.5, 0.6) is 5.75 Å². The number of nitrogens with one attached hydrogen (secondary N) is 1. The maximum Gasteiger partial charge on any atom is 0.312 e. The summed E-state index contributed by atoms with van der Waals surface area (Å²) in [6.07, 6.45) is 0.322. The van der Waals surface area contributed by atoms with Gasteiger partial charge in [-0.15, -0.1) is 0 Å². The molecule has 0 saturated carbocycles. The zero-order valence-corrected chi connectivity index (χ0v) is 13.8. The molecular formula is C13H15ClN2O6S. The molecule has 1 N–H and O–H groups in total. The third kappa shape index (κ3) is 4.55. The highest BCUT2D eigenvalue weighted by Gasteiger charge is 2.39. The van der Waals surface area contributed by atoms with Crippen LogP contribution in [0.3, 0.4) is 0 Å². The zero-order chi connectivity index (χ0) is 17.3. The number of benzene rings is 1. The molecule has 1 amide bonds. The maximum atomic E-state index is 11.9. The van der Waals surface area contributed by atoms with E-state index in [1.54, 1.807) is 6.92 Å². The molecule has 1 saturated heterocycles. The van der Waals surface area contributed by atoms with Crippen molar-refractivity contribution in [2.75, 3.05) is 18.1 Å². The third-order valence-electron chi connectivity index (χ3n) is 3.42. The molecule has 1 aliphatic heterocycles. The van der Waals surface area contributed by atoms with Crippen molar-refractivity contribution >= 4 is 33.0 Å². The Bertz CT molecular complexity index is 751. The largest absolute Gasteiger partial charge is 0.477 e. The SMILES string of the molecule is C[C@]1(NC(=O)COc2ccc(Cl)cc2[N+](=O)[O-])CCS(=O)(=O)C1. The van der Waals surface area contributed by atoms with Gasteiger partial charge in [0.1, 0.15) is 0 Å². The van der Waals surface area contributed by atoms with E-state index < -0.39 is 32.8 Å². The molecule has 0 radical (unpaired) electrons. The lowest BCUT2D eigenvalue weighted by atomic mass is 10.0. The Hall–Kier alpha value is -1.87. The van der Waals surface area contributed by atoms with Crippen LogP contribution in [-0.2, 0) is 14.6 Å². The van der Waals surface area contributed by atoms with Crippen LogP contribution in [0, 0.1) is 10.1 Å². The van der Waals surface area contributed by atoms with Crippen LogP contribution >= 0.6 is 11.6 Å². The van der Waals surface area contributed by atoms with E-state index in [1.807, 2.05) is 0 Å². The molecule has 8 nitrogen and oxygen atoms in total. The molecule has 1 fully saturated rings. The topological polar surface area (TPSA) is 116 Å². The number of amides is 1. The first-order valence-electron chi connectivity index (χ1n) is 6.68. The Kier molecular flexibility index (Phi) is 4.81. The maximum absolute atomic E-state index is 11.9. The summed E-state index contributed by atoms with van der Waals surface area (Å²) in [6.45, 7) is 1.18. The van der Waals surface area contributed by atoms with Gasteiger partial charge in [-0.2, -0.15) is 0 Å². The number of nitrogens with zero attached hydrogens (tertiary/aromatic N) is 1. The van der Waals surface area contributed by atoms with Crippen LogP contribution in [0.25, 0.3) is 0 Å². The van der Waals surface area contributed by atoms with Gasteiger partial charge in [-0.1, -0.05) is 11.6 Å². The van der Waals surface area contributed by atoms with E-state index in [0.717, 1.165) is 6.07 Å².